The van der Waals surface area contributed by atoms with Crippen molar-refractivity contribution >= 4 is 10.9 Å². The minimum absolute atomic E-state index is 0.487. The Morgan fingerprint density at radius 2 is 2.18 bits per heavy atom. The lowest BCUT2D eigenvalue weighted by atomic mass is 10.2. The van der Waals surface area contributed by atoms with Crippen molar-refractivity contribution in [2.24, 2.45) is 11.7 Å². The van der Waals surface area contributed by atoms with Crippen LogP contribution in [0.2, 0.25) is 0 Å². The van der Waals surface area contributed by atoms with Crippen LogP contribution in [0.3, 0.4) is 0 Å². The molecule has 1 heterocycles. The molecule has 0 radical (unpaired) electrons. The third-order valence-corrected chi connectivity index (χ3v) is 2.98. The molecule has 3 nitrogen and oxygen atoms in total. The van der Waals surface area contributed by atoms with Crippen molar-refractivity contribution in [1.82, 2.24) is 4.57 Å². The number of hydrogen-bond donors (Lipinski definition) is 1. The number of rotatable bonds is 5. The Bertz CT molecular complexity index is 490. The second-order valence-corrected chi connectivity index (χ2v) is 4.43. The summed E-state index contributed by atoms with van der Waals surface area (Å²) in [6.45, 7) is 6.54. The smallest absolute Gasteiger partial charge is 0.128 e. The van der Waals surface area contributed by atoms with Crippen molar-refractivity contribution in [3.05, 3.63) is 30.5 Å². The fraction of sp³-hybridized carbons (Fsp3) is 0.429. The second-order valence-electron chi connectivity index (χ2n) is 4.43. The fourth-order valence-electron chi connectivity index (χ4n) is 2.05. The van der Waals surface area contributed by atoms with Gasteiger partial charge in [-0.1, -0.05) is 13.0 Å². The van der Waals surface area contributed by atoms with Crippen LogP contribution in [0.4, 0.5) is 0 Å². The minimum atomic E-state index is 0.487. The van der Waals surface area contributed by atoms with Crippen LogP contribution in [-0.2, 0) is 6.54 Å². The molecule has 1 aromatic heterocycles. The van der Waals surface area contributed by atoms with E-state index in [1.165, 1.54) is 10.9 Å². The molecule has 0 fully saturated rings. The van der Waals surface area contributed by atoms with Gasteiger partial charge in [-0.05, 0) is 37.6 Å². The third kappa shape index (κ3) is 2.44. The highest BCUT2D eigenvalue weighted by Gasteiger charge is 2.08. The molecule has 2 rings (SSSR count). The van der Waals surface area contributed by atoms with Crippen LogP contribution in [0.25, 0.3) is 10.9 Å². The van der Waals surface area contributed by atoms with E-state index in [2.05, 4.69) is 29.8 Å². The van der Waals surface area contributed by atoms with Gasteiger partial charge < -0.3 is 15.0 Å². The minimum Gasteiger partial charge on any atom is -0.493 e. The normalized spacial score (nSPS) is 12.9. The molecule has 2 N–H and O–H groups in total. The van der Waals surface area contributed by atoms with Crippen LogP contribution >= 0.6 is 0 Å². The van der Waals surface area contributed by atoms with Crippen molar-refractivity contribution in [1.29, 1.82) is 0 Å². The SMILES string of the molecule is CCOc1cccc2c1ccn2CC(C)CN. The molecule has 0 aliphatic rings. The van der Waals surface area contributed by atoms with Crippen molar-refractivity contribution < 1.29 is 4.74 Å². The van der Waals surface area contributed by atoms with Gasteiger partial charge in [-0.2, -0.15) is 0 Å². The van der Waals surface area contributed by atoms with Gasteiger partial charge in [0.1, 0.15) is 5.75 Å². The van der Waals surface area contributed by atoms with Gasteiger partial charge in [-0.15, -0.1) is 0 Å². The summed E-state index contributed by atoms with van der Waals surface area (Å²) in [7, 11) is 0. The first-order valence-electron chi connectivity index (χ1n) is 6.17. The standard InChI is InChI=1S/C14H20N2O/c1-3-17-14-6-4-5-13-12(14)7-8-16(13)10-11(2)9-15/h4-8,11H,3,9-10,15H2,1-2H3. The predicted octanol–water partition coefficient (Wildman–Crippen LogP) is 2.63. The van der Waals surface area contributed by atoms with Crippen LogP contribution in [0, 0.1) is 5.92 Å². The van der Waals surface area contributed by atoms with Gasteiger partial charge in [0.05, 0.1) is 12.1 Å². The van der Waals surface area contributed by atoms with E-state index in [1.54, 1.807) is 0 Å². The van der Waals surface area contributed by atoms with Crippen molar-refractivity contribution in [3.63, 3.8) is 0 Å². The van der Waals surface area contributed by atoms with E-state index < -0.39 is 0 Å². The molecular weight excluding hydrogens is 212 g/mol. The summed E-state index contributed by atoms with van der Waals surface area (Å²) in [5.41, 5.74) is 6.89. The molecule has 0 spiro atoms. The largest absolute Gasteiger partial charge is 0.493 e. The van der Waals surface area contributed by atoms with E-state index in [0.29, 0.717) is 19.1 Å². The van der Waals surface area contributed by atoms with Gasteiger partial charge in [0.25, 0.3) is 0 Å². The molecular formula is C14H20N2O. The Kier molecular flexibility index (Phi) is 3.69. The lowest BCUT2D eigenvalue weighted by molar-refractivity contribution is 0.344. The number of nitrogens with two attached hydrogens (primary N) is 1. The molecule has 0 saturated carbocycles. The highest BCUT2D eigenvalue weighted by molar-refractivity contribution is 5.86. The molecule has 0 aliphatic carbocycles. The van der Waals surface area contributed by atoms with Crippen LogP contribution in [0.15, 0.2) is 30.5 Å². The predicted molar refractivity (Wildman–Crippen MR) is 71.3 cm³/mol. The Labute approximate surface area is 102 Å². The number of hydrogen-bond acceptors (Lipinski definition) is 2. The molecule has 3 heteroatoms. The molecule has 2 aromatic rings. The third-order valence-electron chi connectivity index (χ3n) is 2.98. The van der Waals surface area contributed by atoms with Crippen LogP contribution in [0.1, 0.15) is 13.8 Å². The molecule has 1 aromatic carbocycles. The zero-order chi connectivity index (χ0) is 12.3. The summed E-state index contributed by atoms with van der Waals surface area (Å²) in [6, 6.07) is 8.30. The van der Waals surface area contributed by atoms with Crippen LogP contribution in [0.5, 0.6) is 5.75 Å². The van der Waals surface area contributed by atoms with E-state index in [4.69, 9.17) is 10.5 Å². The Balaban J connectivity index is 2.36. The topological polar surface area (TPSA) is 40.2 Å². The fourth-order valence-corrected chi connectivity index (χ4v) is 2.05. The average molecular weight is 232 g/mol. The molecule has 17 heavy (non-hydrogen) atoms. The number of aromatic nitrogens is 1. The molecule has 0 bridgehead atoms. The van der Waals surface area contributed by atoms with Gasteiger partial charge in [0, 0.05) is 18.1 Å². The second kappa shape index (κ2) is 5.23. The van der Waals surface area contributed by atoms with E-state index in [-0.39, 0.29) is 0 Å². The Morgan fingerprint density at radius 3 is 2.88 bits per heavy atom. The highest BCUT2D eigenvalue weighted by atomic mass is 16.5. The zero-order valence-corrected chi connectivity index (χ0v) is 10.5. The maximum atomic E-state index is 5.67. The summed E-state index contributed by atoms with van der Waals surface area (Å²) in [6.07, 6.45) is 2.11. The zero-order valence-electron chi connectivity index (χ0n) is 10.5. The summed E-state index contributed by atoms with van der Waals surface area (Å²) in [4.78, 5) is 0. The molecule has 0 amide bonds. The quantitative estimate of drug-likeness (QED) is 0.861. The van der Waals surface area contributed by atoms with Gasteiger partial charge in [-0.3, -0.25) is 0 Å². The van der Waals surface area contributed by atoms with Crippen molar-refractivity contribution in [2.45, 2.75) is 20.4 Å². The molecule has 0 aliphatic heterocycles. The first-order valence-corrected chi connectivity index (χ1v) is 6.17. The molecule has 0 saturated heterocycles. The highest BCUT2D eigenvalue weighted by Crippen LogP contribution is 2.27. The number of benzene rings is 1. The number of ether oxygens (including phenoxy) is 1. The van der Waals surface area contributed by atoms with Crippen molar-refractivity contribution in [2.75, 3.05) is 13.2 Å². The van der Waals surface area contributed by atoms with Gasteiger partial charge in [0.15, 0.2) is 0 Å². The number of nitrogens with zero attached hydrogens (tertiary/aromatic N) is 1. The summed E-state index contributed by atoms with van der Waals surface area (Å²) >= 11 is 0. The van der Waals surface area contributed by atoms with Gasteiger partial charge >= 0.3 is 0 Å². The summed E-state index contributed by atoms with van der Waals surface area (Å²) in [5.74, 6) is 1.45. The van der Waals surface area contributed by atoms with E-state index >= 15 is 0 Å². The Morgan fingerprint density at radius 1 is 1.35 bits per heavy atom. The average Bonchev–Trinajstić information content (AvgIpc) is 2.74. The monoisotopic (exact) mass is 232 g/mol. The van der Waals surface area contributed by atoms with E-state index in [1.807, 2.05) is 19.1 Å². The Hall–Kier alpha value is -1.48. The molecule has 1 atom stereocenters. The van der Waals surface area contributed by atoms with Gasteiger partial charge in [-0.25, -0.2) is 0 Å². The molecule has 1 unspecified atom stereocenters. The molecule has 92 valence electrons. The van der Waals surface area contributed by atoms with Crippen molar-refractivity contribution in [3.8, 4) is 5.75 Å². The lowest BCUT2D eigenvalue weighted by Gasteiger charge is -2.11. The lowest BCUT2D eigenvalue weighted by Crippen LogP contribution is -2.16. The summed E-state index contributed by atoms with van der Waals surface area (Å²) in [5, 5.41) is 1.18. The summed E-state index contributed by atoms with van der Waals surface area (Å²) < 4.78 is 7.87. The maximum absolute atomic E-state index is 5.67. The first-order chi connectivity index (χ1) is 8.26. The maximum Gasteiger partial charge on any atom is 0.128 e. The van der Waals surface area contributed by atoms with E-state index in [0.717, 1.165) is 12.3 Å². The van der Waals surface area contributed by atoms with Crippen LogP contribution in [-0.4, -0.2) is 17.7 Å². The van der Waals surface area contributed by atoms with Gasteiger partial charge in [0.2, 0.25) is 0 Å². The number of fused-ring (bicyclic) bond motifs is 1. The van der Waals surface area contributed by atoms with Crippen LogP contribution < -0.4 is 10.5 Å². The first kappa shape index (κ1) is 12.0. The van der Waals surface area contributed by atoms with E-state index in [9.17, 15) is 0 Å².